The Morgan fingerprint density at radius 3 is 2.50 bits per heavy atom. The van der Waals surface area contributed by atoms with Crippen LogP contribution in [0, 0.1) is 0 Å². The smallest absolute Gasteiger partial charge is 0.407 e. The molecule has 1 aromatic rings. The van der Waals surface area contributed by atoms with Gasteiger partial charge in [0.1, 0.15) is 0 Å². The van der Waals surface area contributed by atoms with Gasteiger partial charge in [0.15, 0.2) is 0 Å². The molecule has 1 N–H and O–H groups in total. The van der Waals surface area contributed by atoms with Crippen LogP contribution in [0.3, 0.4) is 0 Å². The van der Waals surface area contributed by atoms with Crippen LogP contribution in [0.5, 0.6) is 0 Å². The number of hydrogen-bond donors (Lipinski definition) is 1. The summed E-state index contributed by atoms with van der Waals surface area (Å²) in [5.74, 6) is 0. The maximum atomic E-state index is 10.8. The van der Waals surface area contributed by atoms with E-state index < -0.39 is 6.09 Å². The van der Waals surface area contributed by atoms with Crippen LogP contribution in [-0.4, -0.2) is 22.6 Å². The zero-order chi connectivity index (χ0) is 10.4. The highest BCUT2D eigenvalue weighted by Crippen LogP contribution is 2.04. The van der Waals surface area contributed by atoms with E-state index in [1.54, 1.807) is 0 Å². The lowest BCUT2D eigenvalue weighted by atomic mass is 10.2. The third-order valence-electron chi connectivity index (χ3n) is 1.98. The minimum Gasteiger partial charge on any atom is -0.465 e. The first-order valence-corrected chi connectivity index (χ1v) is 4.76. The molecule has 0 saturated carbocycles. The predicted octanol–water partition coefficient (Wildman–Crippen LogP) is 2.58. The van der Waals surface area contributed by atoms with E-state index >= 15 is 0 Å². The molecule has 0 saturated heterocycles. The van der Waals surface area contributed by atoms with Crippen molar-refractivity contribution in [2.24, 2.45) is 0 Å². The normalized spacial score (nSPS) is 9.79. The van der Waals surface area contributed by atoms with E-state index in [1.807, 2.05) is 37.3 Å². The average Bonchev–Trinajstić information content (AvgIpc) is 2.18. The highest BCUT2D eigenvalue weighted by atomic mass is 16.4. The summed E-state index contributed by atoms with van der Waals surface area (Å²) in [4.78, 5) is 12.2. The first-order valence-electron chi connectivity index (χ1n) is 4.76. The Bertz CT molecular complexity index is 285. The molecule has 0 spiro atoms. The molecule has 3 nitrogen and oxygen atoms in total. The summed E-state index contributed by atoms with van der Waals surface area (Å²) in [5, 5.41) is 8.89. The molecule has 0 fully saturated rings. The van der Waals surface area contributed by atoms with Crippen molar-refractivity contribution in [3.63, 3.8) is 0 Å². The van der Waals surface area contributed by atoms with Crippen LogP contribution in [-0.2, 0) is 6.54 Å². The van der Waals surface area contributed by atoms with Crippen molar-refractivity contribution in [2.75, 3.05) is 6.54 Å². The standard InChI is InChI=1S/C11H15NO2/c1-2-8-12(11(13)14)9-10-6-4-3-5-7-10/h3-7H,2,8-9H2,1H3,(H,13,14). The number of benzene rings is 1. The number of amides is 1. The van der Waals surface area contributed by atoms with Gasteiger partial charge < -0.3 is 10.0 Å². The topological polar surface area (TPSA) is 40.5 Å². The second-order valence-electron chi connectivity index (χ2n) is 3.19. The quantitative estimate of drug-likeness (QED) is 0.798. The summed E-state index contributed by atoms with van der Waals surface area (Å²) in [7, 11) is 0. The van der Waals surface area contributed by atoms with Crippen molar-refractivity contribution in [3.8, 4) is 0 Å². The molecule has 1 amide bonds. The third kappa shape index (κ3) is 3.09. The molecular formula is C11H15NO2. The molecule has 14 heavy (non-hydrogen) atoms. The van der Waals surface area contributed by atoms with Crippen molar-refractivity contribution in [2.45, 2.75) is 19.9 Å². The van der Waals surface area contributed by atoms with Crippen LogP contribution in [0.25, 0.3) is 0 Å². The third-order valence-corrected chi connectivity index (χ3v) is 1.98. The summed E-state index contributed by atoms with van der Waals surface area (Å²) in [6, 6.07) is 9.63. The fourth-order valence-corrected chi connectivity index (χ4v) is 1.32. The molecule has 76 valence electrons. The van der Waals surface area contributed by atoms with Gasteiger partial charge in [0.05, 0.1) is 0 Å². The van der Waals surface area contributed by atoms with Crippen LogP contribution in [0.15, 0.2) is 30.3 Å². The summed E-state index contributed by atoms with van der Waals surface area (Å²) in [5.41, 5.74) is 1.03. The van der Waals surface area contributed by atoms with Gasteiger partial charge in [-0.05, 0) is 12.0 Å². The Morgan fingerprint density at radius 2 is 2.00 bits per heavy atom. The second-order valence-corrected chi connectivity index (χ2v) is 3.19. The molecule has 0 aliphatic heterocycles. The van der Waals surface area contributed by atoms with Gasteiger partial charge in [-0.15, -0.1) is 0 Å². The molecule has 0 atom stereocenters. The number of carbonyl (C=O) groups is 1. The van der Waals surface area contributed by atoms with Crippen LogP contribution in [0.1, 0.15) is 18.9 Å². The average molecular weight is 193 g/mol. The molecule has 1 aromatic carbocycles. The van der Waals surface area contributed by atoms with E-state index in [1.165, 1.54) is 4.90 Å². The Labute approximate surface area is 84.0 Å². The molecular weight excluding hydrogens is 178 g/mol. The minimum atomic E-state index is -0.851. The highest BCUT2D eigenvalue weighted by Gasteiger charge is 2.09. The van der Waals surface area contributed by atoms with Gasteiger partial charge in [-0.25, -0.2) is 4.79 Å². The molecule has 0 aliphatic rings. The number of carboxylic acid groups (broad SMARTS) is 1. The summed E-state index contributed by atoms with van der Waals surface area (Å²) < 4.78 is 0. The Kier molecular flexibility index (Phi) is 3.98. The van der Waals surface area contributed by atoms with Gasteiger partial charge in [-0.1, -0.05) is 37.3 Å². The van der Waals surface area contributed by atoms with E-state index in [2.05, 4.69) is 0 Å². The lowest BCUT2D eigenvalue weighted by Crippen LogP contribution is -2.29. The second kappa shape index (κ2) is 5.27. The molecule has 0 aliphatic carbocycles. The van der Waals surface area contributed by atoms with Gasteiger partial charge in [0, 0.05) is 13.1 Å². The van der Waals surface area contributed by atoms with Gasteiger partial charge in [-0.3, -0.25) is 0 Å². The van der Waals surface area contributed by atoms with Crippen molar-refractivity contribution >= 4 is 6.09 Å². The van der Waals surface area contributed by atoms with Gasteiger partial charge in [0.2, 0.25) is 0 Å². The number of hydrogen-bond acceptors (Lipinski definition) is 1. The fourth-order valence-electron chi connectivity index (χ4n) is 1.32. The molecule has 0 heterocycles. The molecule has 0 radical (unpaired) electrons. The molecule has 3 heteroatoms. The van der Waals surface area contributed by atoms with Crippen LogP contribution >= 0.6 is 0 Å². The van der Waals surface area contributed by atoms with Crippen LogP contribution in [0.4, 0.5) is 4.79 Å². The zero-order valence-electron chi connectivity index (χ0n) is 8.31. The summed E-state index contributed by atoms with van der Waals surface area (Å²) in [6.07, 6.45) is -0.00484. The Morgan fingerprint density at radius 1 is 1.36 bits per heavy atom. The van der Waals surface area contributed by atoms with E-state index in [9.17, 15) is 4.79 Å². The van der Waals surface area contributed by atoms with Crippen molar-refractivity contribution in [1.29, 1.82) is 0 Å². The fraction of sp³-hybridized carbons (Fsp3) is 0.364. The lowest BCUT2D eigenvalue weighted by molar-refractivity contribution is 0.142. The van der Waals surface area contributed by atoms with Gasteiger partial charge in [-0.2, -0.15) is 0 Å². The van der Waals surface area contributed by atoms with E-state index in [0.717, 1.165) is 12.0 Å². The highest BCUT2D eigenvalue weighted by molar-refractivity contribution is 5.64. The SMILES string of the molecule is CCCN(Cc1ccccc1)C(=O)O. The first-order chi connectivity index (χ1) is 6.74. The predicted molar refractivity (Wildman–Crippen MR) is 55.2 cm³/mol. The van der Waals surface area contributed by atoms with Crippen molar-refractivity contribution < 1.29 is 9.90 Å². The molecule has 0 bridgehead atoms. The van der Waals surface area contributed by atoms with Crippen molar-refractivity contribution in [3.05, 3.63) is 35.9 Å². The van der Waals surface area contributed by atoms with E-state index in [4.69, 9.17) is 5.11 Å². The Balaban J connectivity index is 2.60. The number of rotatable bonds is 4. The van der Waals surface area contributed by atoms with E-state index in [0.29, 0.717) is 13.1 Å². The molecule has 1 rings (SSSR count). The summed E-state index contributed by atoms with van der Waals surface area (Å²) in [6.45, 7) is 3.04. The maximum Gasteiger partial charge on any atom is 0.407 e. The molecule has 0 aromatic heterocycles. The van der Waals surface area contributed by atoms with Gasteiger partial charge >= 0.3 is 6.09 Å². The number of nitrogens with zero attached hydrogens (tertiary/aromatic N) is 1. The van der Waals surface area contributed by atoms with Gasteiger partial charge in [0.25, 0.3) is 0 Å². The summed E-state index contributed by atoms with van der Waals surface area (Å²) >= 11 is 0. The van der Waals surface area contributed by atoms with Crippen molar-refractivity contribution in [1.82, 2.24) is 4.90 Å². The zero-order valence-corrected chi connectivity index (χ0v) is 8.31. The monoisotopic (exact) mass is 193 g/mol. The maximum absolute atomic E-state index is 10.8. The largest absolute Gasteiger partial charge is 0.465 e. The first kappa shape index (κ1) is 10.6. The minimum absolute atomic E-state index is 0.476. The molecule has 0 unspecified atom stereocenters. The lowest BCUT2D eigenvalue weighted by Gasteiger charge is -2.18. The Hall–Kier alpha value is -1.51. The van der Waals surface area contributed by atoms with Crippen LogP contribution < -0.4 is 0 Å². The van der Waals surface area contributed by atoms with Crippen LogP contribution in [0.2, 0.25) is 0 Å². The van der Waals surface area contributed by atoms with E-state index in [-0.39, 0.29) is 0 Å².